The second kappa shape index (κ2) is 11.7. The largest absolute Gasteiger partial charge is 0.370 e. The molecule has 0 radical (unpaired) electrons. The van der Waals surface area contributed by atoms with Crippen molar-refractivity contribution < 1.29 is 19.2 Å². The molecule has 0 bridgehead atoms. The van der Waals surface area contributed by atoms with Gasteiger partial charge in [0.1, 0.15) is 5.54 Å². The minimum atomic E-state index is -0.823. The quantitative estimate of drug-likeness (QED) is 0.361. The number of hydrogen-bond acceptors (Lipinski definition) is 6. The molecule has 43 heavy (non-hydrogen) atoms. The van der Waals surface area contributed by atoms with Crippen molar-refractivity contribution in [2.75, 3.05) is 23.4 Å². The Hall–Kier alpha value is -4.44. The number of hydrogen-bond donors (Lipinski definition) is 1. The van der Waals surface area contributed by atoms with Crippen molar-refractivity contribution in [2.45, 2.75) is 57.3 Å². The predicted molar refractivity (Wildman–Crippen MR) is 162 cm³/mol. The molecule has 2 aromatic carbocycles. The number of urea groups is 2. The Morgan fingerprint density at radius 2 is 1.74 bits per heavy atom. The number of aromatic nitrogens is 1. The van der Waals surface area contributed by atoms with E-state index in [-0.39, 0.29) is 37.9 Å². The van der Waals surface area contributed by atoms with Gasteiger partial charge in [-0.2, -0.15) is 0 Å². The number of anilines is 2. The highest BCUT2D eigenvalue weighted by Crippen LogP contribution is 2.37. The number of nitrogens with zero attached hydrogens (tertiary/aromatic N) is 5. The maximum Gasteiger partial charge on any atom is 0.329 e. The Morgan fingerprint density at radius 3 is 2.51 bits per heavy atom. The van der Waals surface area contributed by atoms with Crippen LogP contribution in [-0.4, -0.2) is 57.8 Å². The summed E-state index contributed by atoms with van der Waals surface area (Å²) >= 11 is 6.66. The molecule has 3 fully saturated rings. The molecule has 6 rings (SSSR count). The van der Waals surface area contributed by atoms with Crippen LogP contribution in [-0.2, 0) is 29.2 Å². The van der Waals surface area contributed by atoms with Crippen molar-refractivity contribution in [2.24, 2.45) is 0 Å². The van der Waals surface area contributed by atoms with Gasteiger partial charge in [0.15, 0.2) is 0 Å². The second-order valence-electron chi connectivity index (χ2n) is 11.4. The Bertz CT molecular complexity index is 1580. The number of carbonyl (C=O) groups is 4. The summed E-state index contributed by atoms with van der Waals surface area (Å²) in [6.45, 7) is 1.14. The van der Waals surface area contributed by atoms with Gasteiger partial charge in [0.25, 0.3) is 5.91 Å². The molecule has 1 aromatic heterocycles. The van der Waals surface area contributed by atoms with Crippen LogP contribution in [0, 0.1) is 0 Å². The summed E-state index contributed by atoms with van der Waals surface area (Å²) in [7, 11) is 1.96. The summed E-state index contributed by atoms with van der Waals surface area (Å²) in [5, 5.41) is 3.43. The SMILES string of the molecule is CN(Cc1cccnc1)c1cccc(Cl)c1CN1CCC(=O)N(Cc2cccc(N3C(=O)NC4(CCCC4)C3=O)c2)C1=O. The zero-order valence-corrected chi connectivity index (χ0v) is 24.7. The van der Waals surface area contributed by atoms with Gasteiger partial charge in [-0.15, -0.1) is 0 Å². The van der Waals surface area contributed by atoms with Crippen molar-refractivity contribution in [1.82, 2.24) is 20.1 Å². The van der Waals surface area contributed by atoms with E-state index in [4.69, 9.17) is 11.6 Å². The summed E-state index contributed by atoms with van der Waals surface area (Å²) in [6.07, 6.45) is 6.77. The summed E-state index contributed by atoms with van der Waals surface area (Å²) in [5.41, 5.74) is 2.96. The number of halogens is 1. The predicted octanol–water partition coefficient (Wildman–Crippen LogP) is 5.09. The zero-order valence-electron chi connectivity index (χ0n) is 24.0. The lowest BCUT2D eigenvalue weighted by molar-refractivity contribution is -0.131. The first-order valence-corrected chi connectivity index (χ1v) is 14.9. The molecule has 0 atom stereocenters. The van der Waals surface area contributed by atoms with E-state index in [2.05, 4.69) is 15.2 Å². The van der Waals surface area contributed by atoms with Crippen LogP contribution < -0.4 is 15.1 Å². The highest BCUT2D eigenvalue weighted by Gasteiger charge is 2.53. The van der Waals surface area contributed by atoms with Gasteiger partial charge in [0, 0.05) is 55.2 Å². The van der Waals surface area contributed by atoms with E-state index in [9.17, 15) is 19.2 Å². The van der Waals surface area contributed by atoms with Crippen LogP contribution in [0.15, 0.2) is 67.0 Å². The molecule has 222 valence electrons. The monoisotopic (exact) mass is 600 g/mol. The van der Waals surface area contributed by atoms with E-state index in [1.807, 2.05) is 37.5 Å². The maximum absolute atomic E-state index is 13.7. The van der Waals surface area contributed by atoms with E-state index in [0.717, 1.165) is 29.7 Å². The minimum Gasteiger partial charge on any atom is -0.370 e. The fourth-order valence-electron chi connectivity index (χ4n) is 6.29. The molecule has 1 spiro atoms. The van der Waals surface area contributed by atoms with Crippen LogP contribution in [0.25, 0.3) is 0 Å². The molecule has 2 aliphatic heterocycles. The fraction of sp³-hybridized carbons (Fsp3) is 0.344. The topological polar surface area (TPSA) is 106 Å². The smallest absolute Gasteiger partial charge is 0.329 e. The lowest BCUT2D eigenvalue weighted by Crippen LogP contribution is -2.51. The summed E-state index contributed by atoms with van der Waals surface area (Å²) in [4.78, 5) is 63.0. The van der Waals surface area contributed by atoms with Crippen molar-refractivity contribution in [3.05, 3.63) is 88.7 Å². The average molecular weight is 601 g/mol. The van der Waals surface area contributed by atoms with Gasteiger partial charge >= 0.3 is 12.1 Å². The average Bonchev–Trinajstić information content (AvgIpc) is 3.57. The van der Waals surface area contributed by atoms with Gasteiger partial charge in [-0.25, -0.2) is 14.5 Å². The Balaban J connectivity index is 1.19. The van der Waals surface area contributed by atoms with Crippen LogP contribution >= 0.6 is 11.6 Å². The van der Waals surface area contributed by atoms with E-state index in [1.165, 1.54) is 9.80 Å². The van der Waals surface area contributed by atoms with Crippen LogP contribution in [0.5, 0.6) is 0 Å². The molecule has 3 aliphatic rings. The molecule has 10 nitrogen and oxygen atoms in total. The fourth-order valence-corrected chi connectivity index (χ4v) is 6.52. The van der Waals surface area contributed by atoms with Gasteiger partial charge in [0.05, 0.1) is 18.8 Å². The van der Waals surface area contributed by atoms with Gasteiger partial charge in [-0.3, -0.25) is 19.5 Å². The molecule has 3 heterocycles. The first-order chi connectivity index (χ1) is 20.8. The van der Waals surface area contributed by atoms with Crippen LogP contribution in [0.2, 0.25) is 5.02 Å². The van der Waals surface area contributed by atoms with Crippen molar-refractivity contribution in [3.8, 4) is 0 Å². The van der Waals surface area contributed by atoms with Gasteiger partial charge in [0.2, 0.25) is 5.91 Å². The van der Waals surface area contributed by atoms with E-state index < -0.39 is 17.6 Å². The van der Waals surface area contributed by atoms with E-state index in [0.29, 0.717) is 35.7 Å². The number of carbonyl (C=O) groups excluding carboxylic acids is 4. The first-order valence-electron chi connectivity index (χ1n) is 14.5. The zero-order chi connectivity index (χ0) is 30.1. The van der Waals surface area contributed by atoms with Crippen molar-refractivity contribution >= 4 is 46.9 Å². The third-order valence-electron chi connectivity index (χ3n) is 8.52. The standard InChI is InChI=1S/C32H33ClN6O4/c1-36(19-23-8-6-15-34-18-23)27-11-5-10-26(33)25(27)21-37-16-12-28(40)38(31(37)43)20-22-7-4-9-24(17-22)39-29(41)32(35-30(39)42)13-2-3-14-32/h4-11,15,17-18H,2-3,12-14,16,19-21H2,1H3,(H,35,42). The molecule has 1 aliphatic carbocycles. The van der Waals surface area contributed by atoms with E-state index in [1.54, 1.807) is 41.4 Å². The summed E-state index contributed by atoms with van der Waals surface area (Å²) in [5.74, 6) is -0.521. The number of benzene rings is 2. The normalized spacial score (nSPS) is 18.1. The molecule has 11 heteroatoms. The van der Waals surface area contributed by atoms with Crippen molar-refractivity contribution in [3.63, 3.8) is 0 Å². The van der Waals surface area contributed by atoms with Crippen molar-refractivity contribution in [1.29, 1.82) is 0 Å². The second-order valence-corrected chi connectivity index (χ2v) is 11.8. The maximum atomic E-state index is 13.7. The highest BCUT2D eigenvalue weighted by atomic mass is 35.5. The molecule has 3 aromatic rings. The molecule has 1 N–H and O–H groups in total. The number of nitrogens with one attached hydrogen (secondary N) is 1. The number of pyridine rings is 1. The first kappa shape index (κ1) is 28.7. The third kappa shape index (κ3) is 5.54. The third-order valence-corrected chi connectivity index (χ3v) is 8.88. The molecule has 0 unspecified atom stereocenters. The molecule has 6 amide bonds. The van der Waals surface area contributed by atoms with Crippen LogP contribution in [0.1, 0.15) is 48.8 Å². The van der Waals surface area contributed by atoms with Gasteiger partial charge < -0.3 is 15.1 Å². The molecule has 2 saturated heterocycles. The van der Waals surface area contributed by atoms with Crippen LogP contribution in [0.4, 0.5) is 21.0 Å². The number of amides is 6. The lowest BCUT2D eigenvalue weighted by Gasteiger charge is -2.35. The molecular formula is C32H33ClN6O4. The lowest BCUT2D eigenvalue weighted by atomic mass is 9.98. The minimum absolute atomic E-state index is 0.0209. The molecule has 1 saturated carbocycles. The molecular weight excluding hydrogens is 568 g/mol. The Kier molecular flexibility index (Phi) is 7.79. The van der Waals surface area contributed by atoms with Gasteiger partial charge in [-0.05, 0) is 54.3 Å². The number of imide groups is 2. The number of rotatable bonds is 8. The van der Waals surface area contributed by atoms with Gasteiger partial charge in [-0.1, -0.05) is 48.7 Å². The Morgan fingerprint density at radius 1 is 0.977 bits per heavy atom. The highest BCUT2D eigenvalue weighted by molar-refractivity contribution is 6.31. The van der Waals surface area contributed by atoms with E-state index >= 15 is 0 Å². The Labute approximate surface area is 255 Å². The summed E-state index contributed by atoms with van der Waals surface area (Å²) in [6, 6.07) is 15.6. The summed E-state index contributed by atoms with van der Waals surface area (Å²) < 4.78 is 0. The van der Waals surface area contributed by atoms with Crippen LogP contribution in [0.3, 0.4) is 0 Å².